The Morgan fingerprint density at radius 2 is 1.04 bits per heavy atom. The molecule has 0 radical (unpaired) electrons. The van der Waals surface area contributed by atoms with E-state index in [1.807, 2.05) is 54.9 Å². The molecule has 0 bridgehead atoms. The normalized spacial score (nSPS) is 11.1. The summed E-state index contributed by atoms with van der Waals surface area (Å²) >= 11 is 0. The highest BCUT2D eigenvalue weighted by Crippen LogP contribution is 2.35. The third kappa shape index (κ3) is 2.61. The van der Waals surface area contributed by atoms with Crippen molar-refractivity contribution < 1.29 is 5.11 Å². The van der Waals surface area contributed by atoms with Crippen molar-refractivity contribution in [2.45, 2.75) is 0 Å². The van der Waals surface area contributed by atoms with Gasteiger partial charge in [0.2, 0.25) is 0 Å². The zero-order chi connectivity index (χ0) is 18.2. The van der Waals surface area contributed by atoms with Crippen LogP contribution in [-0.4, -0.2) is 15.1 Å². The van der Waals surface area contributed by atoms with Gasteiger partial charge in [-0.15, -0.1) is 0 Å². The Morgan fingerprint density at radius 3 is 1.59 bits per heavy atom. The summed E-state index contributed by atoms with van der Waals surface area (Å²) in [5.41, 5.74) is 6.22. The van der Waals surface area contributed by atoms with Gasteiger partial charge in [0.05, 0.1) is 11.0 Å². The number of hydrogen-bond acceptors (Lipinski definition) is 3. The van der Waals surface area contributed by atoms with Gasteiger partial charge in [0.1, 0.15) is 5.75 Å². The molecule has 5 rings (SSSR count). The molecule has 0 aliphatic carbocycles. The zero-order valence-corrected chi connectivity index (χ0v) is 14.5. The fourth-order valence-electron chi connectivity index (χ4n) is 3.59. The summed E-state index contributed by atoms with van der Waals surface area (Å²) in [6.07, 6.45) is 3.67. The molecular weight excluding hydrogens is 332 g/mol. The summed E-state index contributed by atoms with van der Waals surface area (Å²) in [7, 11) is 0. The SMILES string of the molecule is Oc1ccc(-c2ccnc3c2ccc2c(-c4ccccc4)ccnc23)cc1. The number of rotatable bonds is 2. The summed E-state index contributed by atoms with van der Waals surface area (Å²) in [5.74, 6) is 0.261. The van der Waals surface area contributed by atoms with E-state index < -0.39 is 0 Å². The van der Waals surface area contributed by atoms with Crippen molar-refractivity contribution in [1.82, 2.24) is 9.97 Å². The molecule has 5 aromatic rings. The number of aromatic hydroxyl groups is 1. The van der Waals surface area contributed by atoms with Crippen LogP contribution in [0.15, 0.2) is 91.3 Å². The molecule has 2 heterocycles. The smallest absolute Gasteiger partial charge is 0.115 e. The average Bonchev–Trinajstić information content (AvgIpc) is 2.74. The Labute approximate surface area is 156 Å². The number of fused-ring (bicyclic) bond motifs is 3. The highest BCUT2D eigenvalue weighted by molar-refractivity contribution is 6.11. The predicted molar refractivity (Wildman–Crippen MR) is 110 cm³/mol. The van der Waals surface area contributed by atoms with E-state index in [2.05, 4.69) is 34.2 Å². The molecular formula is C24H16N2O. The fraction of sp³-hybridized carbons (Fsp3) is 0. The summed E-state index contributed by atoms with van der Waals surface area (Å²) < 4.78 is 0. The molecule has 2 aromatic heterocycles. The van der Waals surface area contributed by atoms with Gasteiger partial charge in [0, 0.05) is 23.2 Å². The van der Waals surface area contributed by atoms with Gasteiger partial charge in [0.15, 0.2) is 0 Å². The molecule has 128 valence electrons. The Morgan fingerprint density at radius 1 is 0.519 bits per heavy atom. The van der Waals surface area contributed by atoms with Gasteiger partial charge in [-0.25, -0.2) is 0 Å². The van der Waals surface area contributed by atoms with Crippen molar-refractivity contribution in [3.63, 3.8) is 0 Å². The second-order valence-corrected chi connectivity index (χ2v) is 6.49. The number of phenols is 1. The molecule has 0 fully saturated rings. The third-order valence-corrected chi connectivity index (χ3v) is 4.88. The van der Waals surface area contributed by atoms with Crippen molar-refractivity contribution >= 4 is 21.8 Å². The van der Waals surface area contributed by atoms with Crippen molar-refractivity contribution in [3.05, 3.63) is 91.3 Å². The monoisotopic (exact) mass is 348 g/mol. The maximum absolute atomic E-state index is 9.57. The number of nitrogens with zero attached hydrogens (tertiary/aromatic N) is 2. The van der Waals surface area contributed by atoms with Crippen LogP contribution in [0.4, 0.5) is 0 Å². The maximum atomic E-state index is 9.57. The number of aromatic nitrogens is 2. The van der Waals surface area contributed by atoms with Crippen LogP contribution in [0, 0.1) is 0 Å². The predicted octanol–water partition coefficient (Wildman–Crippen LogP) is 5.82. The minimum atomic E-state index is 0.261. The summed E-state index contributed by atoms with van der Waals surface area (Å²) in [5, 5.41) is 11.7. The molecule has 0 saturated heterocycles. The van der Waals surface area contributed by atoms with Crippen LogP contribution < -0.4 is 0 Å². The molecule has 0 unspecified atom stereocenters. The average molecular weight is 348 g/mol. The van der Waals surface area contributed by atoms with Crippen LogP contribution in [-0.2, 0) is 0 Å². The van der Waals surface area contributed by atoms with E-state index >= 15 is 0 Å². The molecule has 1 N–H and O–H groups in total. The second kappa shape index (κ2) is 6.22. The van der Waals surface area contributed by atoms with Gasteiger partial charge in [-0.05, 0) is 46.5 Å². The van der Waals surface area contributed by atoms with E-state index in [0.29, 0.717) is 0 Å². The van der Waals surface area contributed by atoms with E-state index in [-0.39, 0.29) is 5.75 Å². The number of phenolic OH excluding ortho intramolecular Hbond substituents is 1. The van der Waals surface area contributed by atoms with E-state index in [9.17, 15) is 5.11 Å². The standard InChI is InChI=1S/C24H16N2O/c27-18-8-6-17(7-9-18)20-13-15-26-24-22(20)11-10-21-19(12-14-25-23(21)24)16-4-2-1-3-5-16/h1-15,27H. The molecule has 3 aromatic carbocycles. The molecule has 3 nitrogen and oxygen atoms in total. The molecule has 27 heavy (non-hydrogen) atoms. The van der Waals surface area contributed by atoms with Crippen LogP contribution in [0.1, 0.15) is 0 Å². The van der Waals surface area contributed by atoms with Crippen LogP contribution >= 0.6 is 0 Å². The summed E-state index contributed by atoms with van der Waals surface area (Å²) in [4.78, 5) is 9.28. The molecule has 0 aliphatic rings. The first-order valence-corrected chi connectivity index (χ1v) is 8.82. The summed E-state index contributed by atoms with van der Waals surface area (Å²) in [6, 6.07) is 25.9. The van der Waals surface area contributed by atoms with Crippen LogP contribution in [0.5, 0.6) is 5.75 Å². The first-order chi connectivity index (χ1) is 13.3. The molecule has 0 aliphatic heterocycles. The fourth-order valence-corrected chi connectivity index (χ4v) is 3.59. The second-order valence-electron chi connectivity index (χ2n) is 6.49. The largest absolute Gasteiger partial charge is 0.508 e. The van der Waals surface area contributed by atoms with Gasteiger partial charge in [-0.3, -0.25) is 9.97 Å². The maximum Gasteiger partial charge on any atom is 0.115 e. The van der Waals surface area contributed by atoms with Gasteiger partial charge < -0.3 is 5.11 Å². The first kappa shape index (κ1) is 15.5. The molecule has 0 amide bonds. The zero-order valence-electron chi connectivity index (χ0n) is 14.5. The van der Waals surface area contributed by atoms with Crippen molar-refractivity contribution in [3.8, 4) is 28.0 Å². The number of benzene rings is 3. The Balaban J connectivity index is 1.79. The molecule has 0 saturated carbocycles. The van der Waals surface area contributed by atoms with E-state index in [1.54, 1.807) is 12.1 Å². The third-order valence-electron chi connectivity index (χ3n) is 4.88. The minimum absolute atomic E-state index is 0.261. The van der Waals surface area contributed by atoms with Gasteiger partial charge in [0.25, 0.3) is 0 Å². The van der Waals surface area contributed by atoms with Gasteiger partial charge >= 0.3 is 0 Å². The van der Waals surface area contributed by atoms with Crippen LogP contribution in [0.2, 0.25) is 0 Å². The molecule has 3 heteroatoms. The van der Waals surface area contributed by atoms with Gasteiger partial charge in [-0.1, -0.05) is 54.6 Å². The highest BCUT2D eigenvalue weighted by Gasteiger charge is 2.11. The molecule has 0 atom stereocenters. The Kier molecular flexibility index (Phi) is 3.58. The topological polar surface area (TPSA) is 46.0 Å². The highest BCUT2D eigenvalue weighted by atomic mass is 16.3. The van der Waals surface area contributed by atoms with Crippen molar-refractivity contribution in [2.24, 2.45) is 0 Å². The van der Waals surface area contributed by atoms with E-state index in [0.717, 1.165) is 38.5 Å². The summed E-state index contributed by atoms with van der Waals surface area (Å²) in [6.45, 7) is 0. The van der Waals surface area contributed by atoms with Crippen LogP contribution in [0.3, 0.4) is 0 Å². The molecule has 0 spiro atoms. The van der Waals surface area contributed by atoms with E-state index in [4.69, 9.17) is 0 Å². The first-order valence-electron chi connectivity index (χ1n) is 8.82. The number of pyridine rings is 2. The number of hydrogen-bond donors (Lipinski definition) is 1. The Bertz CT molecular complexity index is 1260. The van der Waals surface area contributed by atoms with Crippen LogP contribution in [0.25, 0.3) is 44.1 Å². The lowest BCUT2D eigenvalue weighted by Crippen LogP contribution is -1.90. The Hall–Kier alpha value is -3.72. The van der Waals surface area contributed by atoms with E-state index in [1.165, 1.54) is 5.56 Å². The lowest BCUT2D eigenvalue weighted by atomic mass is 9.96. The quantitative estimate of drug-likeness (QED) is 0.409. The van der Waals surface area contributed by atoms with Crippen molar-refractivity contribution in [1.29, 1.82) is 0 Å². The lowest BCUT2D eigenvalue weighted by molar-refractivity contribution is 0.475. The minimum Gasteiger partial charge on any atom is -0.508 e. The van der Waals surface area contributed by atoms with Gasteiger partial charge in [-0.2, -0.15) is 0 Å². The van der Waals surface area contributed by atoms with Crippen molar-refractivity contribution in [2.75, 3.05) is 0 Å². The lowest BCUT2D eigenvalue weighted by Gasteiger charge is -2.11.